The summed E-state index contributed by atoms with van der Waals surface area (Å²) in [4.78, 5) is 0. The molecule has 106 valence electrons. The first kappa shape index (κ1) is 14.4. The Labute approximate surface area is 115 Å². The molecular weight excluding hydrogens is 260 g/mol. The number of phenols is 1. The van der Waals surface area contributed by atoms with E-state index < -0.39 is 15.1 Å². The number of aromatic hydroxyl groups is 1. The van der Waals surface area contributed by atoms with E-state index in [0.29, 0.717) is 17.4 Å². The Morgan fingerprint density at radius 1 is 1.26 bits per heavy atom. The molecule has 1 aliphatic carbocycles. The molecule has 0 bridgehead atoms. The van der Waals surface area contributed by atoms with Gasteiger partial charge in [-0.1, -0.05) is 32.0 Å². The first-order valence-electron chi connectivity index (χ1n) is 6.91. The molecule has 0 spiro atoms. The highest BCUT2D eigenvalue weighted by Gasteiger charge is 2.32. The SMILES string of the molecule is CCS(=O)(=O)[C@H](C)c1cccc([C@H](C)C2CC2)c1O. The summed E-state index contributed by atoms with van der Waals surface area (Å²) in [6.07, 6.45) is 2.40. The lowest BCUT2D eigenvalue weighted by Crippen LogP contribution is -2.13. The van der Waals surface area contributed by atoms with E-state index in [2.05, 4.69) is 6.92 Å². The summed E-state index contributed by atoms with van der Waals surface area (Å²) in [6.45, 7) is 5.40. The van der Waals surface area contributed by atoms with Crippen LogP contribution in [0.5, 0.6) is 5.75 Å². The van der Waals surface area contributed by atoms with Crippen LogP contribution in [-0.4, -0.2) is 19.3 Å². The van der Waals surface area contributed by atoms with Gasteiger partial charge in [-0.05, 0) is 37.2 Å². The van der Waals surface area contributed by atoms with E-state index in [1.807, 2.05) is 12.1 Å². The minimum absolute atomic E-state index is 0.0933. The number of para-hydroxylation sites is 1. The highest BCUT2D eigenvalue weighted by Crippen LogP contribution is 2.46. The van der Waals surface area contributed by atoms with Gasteiger partial charge in [-0.25, -0.2) is 8.42 Å². The summed E-state index contributed by atoms with van der Waals surface area (Å²) >= 11 is 0. The van der Waals surface area contributed by atoms with Crippen LogP contribution in [0.4, 0.5) is 0 Å². The Morgan fingerprint density at radius 2 is 1.84 bits per heavy atom. The van der Waals surface area contributed by atoms with E-state index in [-0.39, 0.29) is 11.5 Å². The lowest BCUT2D eigenvalue weighted by molar-refractivity contribution is 0.450. The normalized spacial score (nSPS) is 19.1. The lowest BCUT2D eigenvalue weighted by atomic mass is 9.93. The van der Waals surface area contributed by atoms with Crippen molar-refractivity contribution in [2.24, 2.45) is 5.92 Å². The third-order valence-corrected chi connectivity index (χ3v) is 6.43. The molecule has 3 nitrogen and oxygen atoms in total. The quantitative estimate of drug-likeness (QED) is 0.900. The molecule has 4 heteroatoms. The summed E-state index contributed by atoms with van der Waals surface area (Å²) in [6, 6.07) is 5.48. The largest absolute Gasteiger partial charge is 0.507 e. The van der Waals surface area contributed by atoms with Crippen LogP contribution in [0.2, 0.25) is 0 Å². The zero-order valence-electron chi connectivity index (χ0n) is 11.8. The molecule has 1 fully saturated rings. The van der Waals surface area contributed by atoms with Gasteiger partial charge in [0.15, 0.2) is 9.84 Å². The zero-order valence-corrected chi connectivity index (χ0v) is 12.6. The van der Waals surface area contributed by atoms with Gasteiger partial charge in [-0.3, -0.25) is 0 Å². The van der Waals surface area contributed by atoms with Crippen LogP contribution in [0, 0.1) is 5.92 Å². The second-order valence-electron chi connectivity index (χ2n) is 5.50. The Kier molecular flexibility index (Phi) is 3.90. The van der Waals surface area contributed by atoms with Crippen molar-refractivity contribution in [2.45, 2.75) is 44.8 Å². The lowest BCUT2D eigenvalue weighted by Gasteiger charge is -2.19. The first-order valence-corrected chi connectivity index (χ1v) is 8.63. The molecule has 19 heavy (non-hydrogen) atoms. The van der Waals surface area contributed by atoms with Gasteiger partial charge in [0.05, 0.1) is 5.25 Å². The van der Waals surface area contributed by atoms with Crippen LogP contribution in [0.3, 0.4) is 0 Å². The van der Waals surface area contributed by atoms with E-state index >= 15 is 0 Å². The van der Waals surface area contributed by atoms with Gasteiger partial charge in [-0.15, -0.1) is 0 Å². The number of hydrogen-bond donors (Lipinski definition) is 1. The van der Waals surface area contributed by atoms with Gasteiger partial charge in [0.1, 0.15) is 5.75 Å². The minimum Gasteiger partial charge on any atom is -0.507 e. The molecule has 1 N–H and O–H groups in total. The van der Waals surface area contributed by atoms with Crippen LogP contribution in [0.25, 0.3) is 0 Å². The number of sulfone groups is 1. The van der Waals surface area contributed by atoms with Gasteiger partial charge in [-0.2, -0.15) is 0 Å². The fourth-order valence-corrected chi connectivity index (χ4v) is 3.65. The Morgan fingerprint density at radius 3 is 2.37 bits per heavy atom. The van der Waals surface area contributed by atoms with Gasteiger partial charge in [0, 0.05) is 11.3 Å². The zero-order chi connectivity index (χ0) is 14.2. The highest BCUT2D eigenvalue weighted by atomic mass is 32.2. The molecule has 0 aromatic heterocycles. The summed E-state index contributed by atoms with van der Waals surface area (Å²) < 4.78 is 23.9. The maximum absolute atomic E-state index is 12.0. The highest BCUT2D eigenvalue weighted by molar-refractivity contribution is 7.91. The van der Waals surface area contributed by atoms with Crippen LogP contribution in [-0.2, 0) is 9.84 Å². The standard InChI is InChI=1S/C15H22O3S/c1-4-19(17,18)11(3)14-7-5-6-13(15(14)16)10(2)12-8-9-12/h5-7,10-12,16H,4,8-9H2,1-3H3/t10-,11-/m1/s1. The van der Waals surface area contributed by atoms with E-state index in [1.54, 1.807) is 19.9 Å². The number of rotatable bonds is 5. The van der Waals surface area contributed by atoms with Gasteiger partial charge >= 0.3 is 0 Å². The van der Waals surface area contributed by atoms with Crippen LogP contribution in [0.1, 0.15) is 55.9 Å². The molecule has 0 radical (unpaired) electrons. The smallest absolute Gasteiger partial charge is 0.156 e. The second-order valence-corrected chi connectivity index (χ2v) is 8.12. The number of phenolic OH excluding ortho intramolecular Hbond substituents is 1. The van der Waals surface area contributed by atoms with Crippen molar-refractivity contribution >= 4 is 9.84 Å². The number of benzene rings is 1. The fourth-order valence-electron chi connectivity index (χ4n) is 2.57. The van der Waals surface area contributed by atoms with Crippen molar-refractivity contribution < 1.29 is 13.5 Å². The molecule has 0 saturated heterocycles. The van der Waals surface area contributed by atoms with Crippen LogP contribution < -0.4 is 0 Å². The van der Waals surface area contributed by atoms with E-state index in [0.717, 1.165) is 5.56 Å². The summed E-state index contributed by atoms with van der Waals surface area (Å²) in [5, 5.41) is 9.75. The maximum atomic E-state index is 12.0. The van der Waals surface area contributed by atoms with Crippen LogP contribution >= 0.6 is 0 Å². The van der Waals surface area contributed by atoms with Gasteiger partial charge in [0.25, 0.3) is 0 Å². The van der Waals surface area contributed by atoms with Gasteiger partial charge < -0.3 is 5.11 Å². The van der Waals surface area contributed by atoms with Crippen molar-refractivity contribution in [2.75, 3.05) is 5.75 Å². The molecular formula is C15H22O3S. The molecule has 1 aromatic rings. The molecule has 2 rings (SSSR count). The molecule has 0 heterocycles. The monoisotopic (exact) mass is 282 g/mol. The van der Waals surface area contributed by atoms with Crippen molar-refractivity contribution in [1.82, 2.24) is 0 Å². The molecule has 0 amide bonds. The van der Waals surface area contributed by atoms with Crippen molar-refractivity contribution in [3.05, 3.63) is 29.3 Å². The third kappa shape index (κ3) is 2.78. The van der Waals surface area contributed by atoms with Crippen molar-refractivity contribution in [1.29, 1.82) is 0 Å². The van der Waals surface area contributed by atoms with Crippen molar-refractivity contribution in [3.8, 4) is 5.75 Å². The van der Waals surface area contributed by atoms with E-state index in [4.69, 9.17) is 0 Å². The average molecular weight is 282 g/mol. The third-order valence-electron chi connectivity index (χ3n) is 4.30. The summed E-state index contributed by atoms with van der Waals surface area (Å²) in [5.74, 6) is 1.21. The molecule has 1 aromatic carbocycles. The summed E-state index contributed by atoms with van der Waals surface area (Å²) in [5.41, 5.74) is 1.42. The molecule has 2 atom stereocenters. The molecule has 1 aliphatic rings. The van der Waals surface area contributed by atoms with Crippen molar-refractivity contribution in [3.63, 3.8) is 0 Å². The maximum Gasteiger partial charge on any atom is 0.156 e. The predicted octanol–water partition coefficient (Wildman–Crippen LogP) is 3.40. The Balaban J connectivity index is 2.39. The molecule has 0 unspecified atom stereocenters. The molecule has 0 aliphatic heterocycles. The summed E-state index contributed by atoms with van der Waals surface area (Å²) in [7, 11) is -3.18. The topological polar surface area (TPSA) is 54.4 Å². The second kappa shape index (κ2) is 5.16. The van der Waals surface area contributed by atoms with E-state index in [1.165, 1.54) is 12.8 Å². The Hall–Kier alpha value is -1.03. The first-order chi connectivity index (χ1) is 8.88. The predicted molar refractivity (Wildman–Crippen MR) is 77.1 cm³/mol. The molecule has 1 saturated carbocycles. The van der Waals surface area contributed by atoms with E-state index in [9.17, 15) is 13.5 Å². The number of hydrogen-bond acceptors (Lipinski definition) is 3. The van der Waals surface area contributed by atoms with Gasteiger partial charge in [0.2, 0.25) is 0 Å². The average Bonchev–Trinajstić information content (AvgIpc) is 3.21. The minimum atomic E-state index is -3.18. The Bertz CT molecular complexity index is 559. The van der Waals surface area contributed by atoms with Crippen LogP contribution in [0.15, 0.2) is 18.2 Å². The fraction of sp³-hybridized carbons (Fsp3) is 0.600.